The number of thioether (sulfide) groups is 1. The molecule has 0 spiro atoms. The molecule has 2 rings (SSSR count). The van der Waals surface area contributed by atoms with Crippen molar-refractivity contribution in [2.45, 2.75) is 33.7 Å². The number of amidine groups is 1. The number of aliphatic imine (C=N–C) groups is 1. The van der Waals surface area contributed by atoms with Crippen molar-refractivity contribution in [1.29, 1.82) is 0 Å². The van der Waals surface area contributed by atoms with Crippen LogP contribution in [0.1, 0.15) is 25.0 Å². The van der Waals surface area contributed by atoms with Gasteiger partial charge in [-0.25, -0.2) is 0 Å². The van der Waals surface area contributed by atoms with Crippen LogP contribution in [0.4, 0.5) is 5.69 Å². The molecule has 1 aliphatic heterocycles. The van der Waals surface area contributed by atoms with Crippen LogP contribution in [0.25, 0.3) is 0 Å². The molecule has 0 bridgehead atoms. The smallest absolute Gasteiger partial charge is 0.161 e. The number of benzene rings is 1. The van der Waals surface area contributed by atoms with E-state index in [1.54, 1.807) is 0 Å². The van der Waals surface area contributed by atoms with Gasteiger partial charge < -0.3 is 5.32 Å². The molecular weight excluding hydrogens is 308 g/mol. The van der Waals surface area contributed by atoms with Crippen molar-refractivity contribution in [3.8, 4) is 0 Å². The summed E-state index contributed by atoms with van der Waals surface area (Å²) >= 11 is 5.43. The van der Waals surface area contributed by atoms with E-state index < -0.39 is 0 Å². The lowest BCUT2D eigenvalue weighted by atomic mass is 10.1. The van der Waals surface area contributed by atoms with Gasteiger partial charge in [-0.3, -0.25) is 4.99 Å². The average molecular weight is 327 g/mol. The molecule has 1 aromatic carbocycles. The number of rotatable bonds is 1. The van der Waals surface area contributed by atoms with E-state index in [0.717, 1.165) is 21.1 Å². The highest BCUT2D eigenvalue weighted by Crippen LogP contribution is 2.30. The Morgan fingerprint density at radius 2 is 2.06 bits per heavy atom. The van der Waals surface area contributed by atoms with Gasteiger partial charge in [0.1, 0.15) is 0 Å². The minimum absolute atomic E-state index is 0.401. The van der Waals surface area contributed by atoms with E-state index in [0.29, 0.717) is 12.0 Å². The van der Waals surface area contributed by atoms with Gasteiger partial charge in [0.15, 0.2) is 5.17 Å². The summed E-state index contributed by atoms with van der Waals surface area (Å²) in [5, 5.41) is 4.50. The number of hydrogen-bond acceptors (Lipinski definition) is 3. The van der Waals surface area contributed by atoms with Crippen LogP contribution in [-0.2, 0) is 0 Å². The first-order valence-electron chi connectivity index (χ1n) is 6.21. The molecular formula is C14H19BrN2S. The Labute approximate surface area is 122 Å². The second kappa shape index (κ2) is 5.66. The summed E-state index contributed by atoms with van der Waals surface area (Å²) in [4.78, 5) is 4.71. The molecule has 0 saturated carbocycles. The van der Waals surface area contributed by atoms with Crippen LogP contribution in [0.5, 0.6) is 0 Å². The predicted octanol–water partition coefficient (Wildman–Crippen LogP) is 4.61. The van der Waals surface area contributed by atoms with Crippen LogP contribution >= 0.6 is 27.7 Å². The monoisotopic (exact) mass is 326 g/mol. The highest BCUT2D eigenvalue weighted by atomic mass is 79.9. The van der Waals surface area contributed by atoms with Crippen molar-refractivity contribution in [2.24, 2.45) is 10.9 Å². The quantitative estimate of drug-likeness (QED) is 0.815. The number of hydrogen-bond donors (Lipinski definition) is 1. The zero-order valence-electron chi connectivity index (χ0n) is 11.2. The van der Waals surface area contributed by atoms with Gasteiger partial charge in [0, 0.05) is 10.2 Å². The van der Waals surface area contributed by atoms with Crippen LogP contribution in [-0.4, -0.2) is 17.0 Å². The molecule has 2 atom stereocenters. The largest absolute Gasteiger partial charge is 0.334 e. The summed E-state index contributed by atoms with van der Waals surface area (Å²) in [6.07, 6.45) is 0. The lowest BCUT2D eigenvalue weighted by Crippen LogP contribution is -2.25. The van der Waals surface area contributed by atoms with Crippen molar-refractivity contribution in [2.75, 3.05) is 11.1 Å². The van der Waals surface area contributed by atoms with Gasteiger partial charge in [0.05, 0.1) is 11.7 Å². The SMILES string of the molecule is Cc1cc(C)c(NC2=NC(C)C(C)CS2)c(Br)c1. The van der Waals surface area contributed by atoms with Crippen LogP contribution in [0.15, 0.2) is 21.6 Å². The lowest BCUT2D eigenvalue weighted by molar-refractivity contribution is 0.537. The van der Waals surface area contributed by atoms with Gasteiger partial charge in [0.25, 0.3) is 0 Å². The van der Waals surface area contributed by atoms with Gasteiger partial charge in [0.2, 0.25) is 0 Å². The molecule has 98 valence electrons. The molecule has 2 unspecified atom stereocenters. The normalized spacial score (nSPS) is 23.7. The number of anilines is 1. The first-order valence-corrected chi connectivity index (χ1v) is 7.99. The van der Waals surface area contributed by atoms with E-state index >= 15 is 0 Å². The second-order valence-electron chi connectivity index (χ2n) is 5.03. The van der Waals surface area contributed by atoms with E-state index in [9.17, 15) is 0 Å². The Balaban J connectivity index is 2.23. The van der Waals surface area contributed by atoms with Crippen molar-refractivity contribution in [1.82, 2.24) is 0 Å². The maximum atomic E-state index is 4.71. The molecule has 1 N–H and O–H groups in total. The fraction of sp³-hybridized carbons (Fsp3) is 0.500. The Morgan fingerprint density at radius 3 is 2.67 bits per heavy atom. The Hall–Kier alpha value is -0.480. The van der Waals surface area contributed by atoms with Crippen LogP contribution in [0.3, 0.4) is 0 Å². The molecule has 0 aromatic heterocycles. The Morgan fingerprint density at radius 1 is 1.33 bits per heavy atom. The third-order valence-corrected chi connectivity index (χ3v) is 5.09. The molecule has 0 fully saturated rings. The molecule has 0 amide bonds. The minimum atomic E-state index is 0.401. The Bertz CT molecular complexity index is 462. The zero-order chi connectivity index (χ0) is 13.3. The summed E-state index contributed by atoms with van der Waals surface area (Å²) < 4.78 is 1.11. The highest BCUT2D eigenvalue weighted by Gasteiger charge is 2.20. The zero-order valence-corrected chi connectivity index (χ0v) is 13.7. The third-order valence-electron chi connectivity index (χ3n) is 3.29. The Kier molecular flexibility index (Phi) is 4.38. The summed E-state index contributed by atoms with van der Waals surface area (Å²) in [6, 6.07) is 4.72. The molecule has 0 aliphatic carbocycles. The van der Waals surface area contributed by atoms with Gasteiger partial charge in [-0.1, -0.05) is 24.8 Å². The number of nitrogens with one attached hydrogen (secondary N) is 1. The fourth-order valence-electron chi connectivity index (χ4n) is 1.95. The maximum Gasteiger partial charge on any atom is 0.161 e. The molecule has 0 radical (unpaired) electrons. The van der Waals surface area contributed by atoms with Gasteiger partial charge in [-0.15, -0.1) is 0 Å². The summed E-state index contributed by atoms with van der Waals surface area (Å²) in [7, 11) is 0. The maximum absolute atomic E-state index is 4.71. The molecule has 0 saturated heterocycles. The van der Waals surface area contributed by atoms with Crippen LogP contribution < -0.4 is 5.32 Å². The molecule has 4 heteroatoms. The highest BCUT2D eigenvalue weighted by molar-refractivity contribution is 9.10. The predicted molar refractivity (Wildman–Crippen MR) is 85.8 cm³/mol. The minimum Gasteiger partial charge on any atom is -0.334 e. The van der Waals surface area contributed by atoms with Crippen LogP contribution in [0.2, 0.25) is 0 Å². The van der Waals surface area contributed by atoms with E-state index in [1.807, 2.05) is 11.8 Å². The standard InChI is InChI=1S/C14H19BrN2S/c1-8-5-9(2)13(12(15)6-8)17-14-16-11(4)10(3)7-18-14/h5-6,10-11H,7H2,1-4H3,(H,16,17). The first kappa shape index (κ1) is 13.9. The second-order valence-corrected chi connectivity index (χ2v) is 6.89. The molecule has 1 heterocycles. The summed E-state index contributed by atoms with van der Waals surface area (Å²) in [5.41, 5.74) is 3.65. The van der Waals surface area contributed by atoms with Crippen molar-refractivity contribution < 1.29 is 0 Å². The van der Waals surface area contributed by atoms with Crippen molar-refractivity contribution in [3.63, 3.8) is 0 Å². The van der Waals surface area contributed by atoms with Gasteiger partial charge >= 0.3 is 0 Å². The van der Waals surface area contributed by atoms with Gasteiger partial charge in [-0.05, 0) is 59.8 Å². The summed E-state index contributed by atoms with van der Waals surface area (Å²) in [6.45, 7) is 8.67. The number of halogens is 1. The molecule has 18 heavy (non-hydrogen) atoms. The van der Waals surface area contributed by atoms with Crippen molar-refractivity contribution >= 4 is 38.5 Å². The van der Waals surface area contributed by atoms with E-state index in [4.69, 9.17) is 4.99 Å². The first-order chi connectivity index (χ1) is 8.47. The van der Waals surface area contributed by atoms with Crippen LogP contribution in [0, 0.1) is 19.8 Å². The van der Waals surface area contributed by atoms with Crippen molar-refractivity contribution in [3.05, 3.63) is 27.7 Å². The van der Waals surface area contributed by atoms with E-state index in [2.05, 4.69) is 61.1 Å². The average Bonchev–Trinajstić information content (AvgIpc) is 2.28. The van der Waals surface area contributed by atoms with E-state index in [1.165, 1.54) is 11.1 Å². The molecule has 1 aromatic rings. The van der Waals surface area contributed by atoms with Gasteiger partial charge in [-0.2, -0.15) is 0 Å². The third kappa shape index (κ3) is 3.09. The fourth-order valence-corrected chi connectivity index (χ4v) is 3.84. The van der Waals surface area contributed by atoms with E-state index in [-0.39, 0.29) is 0 Å². The number of nitrogens with zero attached hydrogens (tertiary/aromatic N) is 1. The molecule has 2 nitrogen and oxygen atoms in total. The number of aryl methyl sites for hydroxylation is 2. The summed E-state index contributed by atoms with van der Waals surface area (Å²) in [5.74, 6) is 1.79. The molecule has 1 aliphatic rings. The topological polar surface area (TPSA) is 24.4 Å². The lowest BCUT2D eigenvalue weighted by Gasteiger charge is -2.24.